The molecule has 5 nitrogen and oxygen atoms in total. The summed E-state index contributed by atoms with van der Waals surface area (Å²) in [4.78, 5) is 23.5. The molecule has 1 aliphatic carbocycles. The predicted molar refractivity (Wildman–Crippen MR) is 73.6 cm³/mol. The van der Waals surface area contributed by atoms with Crippen LogP contribution in [0, 0.1) is 5.92 Å². The summed E-state index contributed by atoms with van der Waals surface area (Å²) < 4.78 is 0. The third-order valence-electron chi connectivity index (χ3n) is 4.24. The van der Waals surface area contributed by atoms with Crippen LogP contribution in [-0.2, 0) is 9.59 Å². The molecular formula is C14H26N2O3. The van der Waals surface area contributed by atoms with Gasteiger partial charge in [-0.2, -0.15) is 0 Å². The van der Waals surface area contributed by atoms with Crippen LogP contribution in [0.5, 0.6) is 0 Å². The summed E-state index contributed by atoms with van der Waals surface area (Å²) in [5.41, 5.74) is 4.65. The van der Waals surface area contributed by atoms with Crippen molar-refractivity contribution < 1.29 is 14.7 Å². The summed E-state index contributed by atoms with van der Waals surface area (Å²) in [6, 6.07) is -0.606. The minimum atomic E-state index is -1.10. The third kappa shape index (κ3) is 3.93. The molecule has 0 aromatic heterocycles. The molecule has 1 amide bonds. The Labute approximate surface area is 114 Å². The molecule has 19 heavy (non-hydrogen) atoms. The second-order valence-electron chi connectivity index (χ2n) is 5.62. The van der Waals surface area contributed by atoms with Gasteiger partial charge in [0.25, 0.3) is 0 Å². The van der Waals surface area contributed by atoms with Gasteiger partial charge in [-0.1, -0.05) is 26.7 Å². The van der Waals surface area contributed by atoms with Gasteiger partial charge in [0.15, 0.2) is 0 Å². The van der Waals surface area contributed by atoms with E-state index in [1.807, 2.05) is 6.92 Å². The fraction of sp³-hybridized carbons (Fsp3) is 0.857. The zero-order chi connectivity index (χ0) is 14.5. The van der Waals surface area contributed by atoms with Crippen molar-refractivity contribution in [2.45, 2.75) is 70.4 Å². The molecule has 1 fully saturated rings. The van der Waals surface area contributed by atoms with Crippen LogP contribution in [0.2, 0.25) is 0 Å². The summed E-state index contributed by atoms with van der Waals surface area (Å²) in [6.45, 7) is 4.07. The van der Waals surface area contributed by atoms with E-state index in [1.54, 1.807) is 0 Å². The van der Waals surface area contributed by atoms with Crippen molar-refractivity contribution in [3.05, 3.63) is 0 Å². The second-order valence-corrected chi connectivity index (χ2v) is 5.62. The Kier molecular flexibility index (Phi) is 5.79. The van der Waals surface area contributed by atoms with Gasteiger partial charge >= 0.3 is 5.97 Å². The standard InChI is InChI=1S/C14H26N2O3/c1-3-5-11(15)12(17)16-14(13(18)19)8-6-10(4-2)7-9-14/h10-11H,3-9,15H2,1-2H3,(H,16,17)(H,18,19)/t10?,11-,14?/m0/s1. The van der Waals surface area contributed by atoms with Crippen molar-refractivity contribution in [2.24, 2.45) is 11.7 Å². The minimum Gasteiger partial charge on any atom is -0.480 e. The highest BCUT2D eigenvalue weighted by Gasteiger charge is 2.43. The van der Waals surface area contributed by atoms with E-state index in [1.165, 1.54) is 0 Å². The molecule has 1 atom stereocenters. The maximum Gasteiger partial charge on any atom is 0.329 e. The maximum absolute atomic E-state index is 12.0. The van der Waals surface area contributed by atoms with Crippen LogP contribution in [0.25, 0.3) is 0 Å². The van der Waals surface area contributed by atoms with Crippen molar-refractivity contribution >= 4 is 11.9 Å². The molecule has 1 saturated carbocycles. The Balaban J connectivity index is 2.68. The molecule has 1 rings (SSSR count). The molecule has 0 unspecified atom stereocenters. The molecule has 4 N–H and O–H groups in total. The fourth-order valence-electron chi connectivity index (χ4n) is 2.74. The number of amides is 1. The molecule has 0 radical (unpaired) electrons. The summed E-state index contributed by atoms with van der Waals surface area (Å²) in [5, 5.41) is 12.2. The first-order valence-electron chi connectivity index (χ1n) is 7.26. The van der Waals surface area contributed by atoms with Crippen LogP contribution in [0.1, 0.15) is 58.8 Å². The Morgan fingerprint density at radius 3 is 2.37 bits per heavy atom. The van der Waals surface area contributed by atoms with E-state index in [-0.39, 0.29) is 5.91 Å². The molecule has 0 aromatic rings. The van der Waals surface area contributed by atoms with Crippen LogP contribution in [0.4, 0.5) is 0 Å². The van der Waals surface area contributed by atoms with Gasteiger partial charge in [-0.05, 0) is 38.0 Å². The summed E-state index contributed by atoms with van der Waals surface area (Å²) >= 11 is 0. The average molecular weight is 270 g/mol. The second kappa shape index (κ2) is 6.89. The highest BCUT2D eigenvalue weighted by atomic mass is 16.4. The van der Waals surface area contributed by atoms with Crippen LogP contribution in [-0.4, -0.2) is 28.6 Å². The van der Waals surface area contributed by atoms with E-state index in [4.69, 9.17) is 5.73 Å². The summed E-state index contributed by atoms with van der Waals surface area (Å²) in [6.07, 6.45) is 5.18. The Hall–Kier alpha value is -1.10. The fourth-order valence-corrected chi connectivity index (χ4v) is 2.74. The third-order valence-corrected chi connectivity index (χ3v) is 4.24. The first-order valence-corrected chi connectivity index (χ1v) is 7.26. The molecule has 0 saturated heterocycles. The lowest BCUT2D eigenvalue weighted by atomic mass is 9.75. The molecule has 0 heterocycles. The number of hydrogen-bond donors (Lipinski definition) is 3. The quantitative estimate of drug-likeness (QED) is 0.684. The van der Waals surface area contributed by atoms with Crippen LogP contribution >= 0.6 is 0 Å². The summed E-state index contributed by atoms with van der Waals surface area (Å²) in [5.74, 6) is -0.688. The van der Waals surface area contributed by atoms with E-state index >= 15 is 0 Å². The average Bonchev–Trinajstić information content (AvgIpc) is 2.39. The SMILES string of the molecule is CCC[C@H](N)C(=O)NC1(C(=O)O)CCC(CC)CC1. The van der Waals surface area contributed by atoms with E-state index in [9.17, 15) is 14.7 Å². The van der Waals surface area contributed by atoms with E-state index in [0.717, 1.165) is 25.7 Å². The smallest absolute Gasteiger partial charge is 0.329 e. The van der Waals surface area contributed by atoms with Gasteiger partial charge in [0.05, 0.1) is 6.04 Å². The lowest BCUT2D eigenvalue weighted by molar-refractivity contribution is -0.150. The molecule has 0 aliphatic heterocycles. The van der Waals surface area contributed by atoms with Gasteiger partial charge in [-0.3, -0.25) is 4.79 Å². The number of rotatable bonds is 6. The zero-order valence-corrected chi connectivity index (χ0v) is 11.9. The molecule has 5 heteroatoms. The first kappa shape index (κ1) is 16.0. The van der Waals surface area contributed by atoms with Crippen molar-refractivity contribution in [2.75, 3.05) is 0 Å². The first-order chi connectivity index (χ1) is 8.95. The number of nitrogens with one attached hydrogen (secondary N) is 1. The van der Waals surface area contributed by atoms with Gasteiger partial charge < -0.3 is 16.2 Å². The molecule has 1 aliphatic rings. The number of aliphatic carboxylic acids is 1. The highest BCUT2D eigenvalue weighted by Crippen LogP contribution is 2.34. The van der Waals surface area contributed by atoms with E-state index in [2.05, 4.69) is 12.2 Å². The van der Waals surface area contributed by atoms with Crippen LogP contribution in [0.3, 0.4) is 0 Å². The maximum atomic E-state index is 12.0. The Bertz CT molecular complexity index is 323. The zero-order valence-electron chi connectivity index (χ0n) is 11.9. The van der Waals surface area contributed by atoms with E-state index in [0.29, 0.717) is 25.2 Å². The van der Waals surface area contributed by atoms with Crippen molar-refractivity contribution in [3.8, 4) is 0 Å². The Morgan fingerprint density at radius 1 is 1.37 bits per heavy atom. The molecule has 0 spiro atoms. The van der Waals surface area contributed by atoms with Crippen molar-refractivity contribution in [1.29, 1.82) is 0 Å². The van der Waals surface area contributed by atoms with Gasteiger partial charge in [0.2, 0.25) is 5.91 Å². The highest BCUT2D eigenvalue weighted by molar-refractivity contribution is 5.89. The largest absolute Gasteiger partial charge is 0.480 e. The lowest BCUT2D eigenvalue weighted by Gasteiger charge is -2.37. The van der Waals surface area contributed by atoms with Crippen LogP contribution < -0.4 is 11.1 Å². The molecule has 0 bridgehead atoms. The predicted octanol–water partition coefficient (Wildman–Crippen LogP) is 1.65. The van der Waals surface area contributed by atoms with E-state index < -0.39 is 17.6 Å². The number of carbonyl (C=O) groups is 2. The number of hydrogen-bond acceptors (Lipinski definition) is 3. The molecule has 0 aromatic carbocycles. The van der Waals surface area contributed by atoms with Gasteiger partial charge in [-0.15, -0.1) is 0 Å². The summed E-state index contributed by atoms with van der Waals surface area (Å²) in [7, 11) is 0. The van der Waals surface area contributed by atoms with Gasteiger partial charge in [0, 0.05) is 0 Å². The van der Waals surface area contributed by atoms with Gasteiger partial charge in [-0.25, -0.2) is 4.79 Å². The minimum absolute atomic E-state index is 0.334. The number of carboxylic acids is 1. The Morgan fingerprint density at radius 2 is 1.95 bits per heavy atom. The monoisotopic (exact) mass is 270 g/mol. The van der Waals surface area contributed by atoms with Crippen LogP contribution in [0.15, 0.2) is 0 Å². The topological polar surface area (TPSA) is 92.4 Å². The molecule has 110 valence electrons. The van der Waals surface area contributed by atoms with Crippen molar-refractivity contribution in [1.82, 2.24) is 5.32 Å². The normalized spacial score (nSPS) is 28.7. The lowest BCUT2D eigenvalue weighted by Crippen LogP contribution is -2.59. The van der Waals surface area contributed by atoms with Crippen molar-refractivity contribution in [3.63, 3.8) is 0 Å². The molecular weight excluding hydrogens is 244 g/mol. The number of carboxylic acid groups (broad SMARTS) is 1. The number of nitrogens with two attached hydrogens (primary N) is 1. The van der Waals surface area contributed by atoms with Gasteiger partial charge in [0.1, 0.15) is 5.54 Å². The number of carbonyl (C=O) groups excluding carboxylic acids is 1.